The first-order valence-corrected chi connectivity index (χ1v) is 9.81. The SMILES string of the molecule is CC(C)CC(=O)N(Cc1cccc(OS(=O)(=O)C(C)C)c1)C(C)C. The smallest absolute Gasteiger partial charge is 0.311 e. The Labute approximate surface area is 146 Å². The highest BCUT2D eigenvalue weighted by Gasteiger charge is 2.20. The summed E-state index contributed by atoms with van der Waals surface area (Å²) in [5, 5.41) is -0.610. The Morgan fingerprint density at radius 3 is 2.25 bits per heavy atom. The lowest BCUT2D eigenvalue weighted by Crippen LogP contribution is -2.36. The van der Waals surface area contributed by atoms with Crippen LogP contribution in [0, 0.1) is 5.92 Å². The second-order valence-electron chi connectivity index (χ2n) is 6.99. The van der Waals surface area contributed by atoms with Crippen molar-refractivity contribution in [2.45, 2.75) is 65.8 Å². The Bertz CT molecular complexity index is 651. The van der Waals surface area contributed by atoms with E-state index in [1.165, 1.54) is 0 Å². The van der Waals surface area contributed by atoms with Crippen LogP contribution in [0.4, 0.5) is 0 Å². The average Bonchev–Trinajstić information content (AvgIpc) is 2.43. The lowest BCUT2D eigenvalue weighted by atomic mass is 10.1. The molecule has 0 heterocycles. The molecule has 0 fully saturated rings. The number of hydrogen-bond acceptors (Lipinski definition) is 4. The first kappa shape index (κ1) is 20.5. The monoisotopic (exact) mass is 355 g/mol. The van der Waals surface area contributed by atoms with E-state index in [0.29, 0.717) is 18.9 Å². The molecule has 0 aliphatic rings. The third-order valence-electron chi connectivity index (χ3n) is 3.57. The molecule has 0 saturated carbocycles. The fraction of sp³-hybridized carbons (Fsp3) is 0.611. The lowest BCUT2D eigenvalue weighted by Gasteiger charge is -2.28. The summed E-state index contributed by atoms with van der Waals surface area (Å²) in [5.41, 5.74) is 0.845. The van der Waals surface area contributed by atoms with Gasteiger partial charge in [0, 0.05) is 19.0 Å². The maximum atomic E-state index is 12.4. The van der Waals surface area contributed by atoms with Gasteiger partial charge in [-0.3, -0.25) is 4.79 Å². The Kier molecular flexibility index (Phi) is 7.27. The molecule has 5 nitrogen and oxygen atoms in total. The van der Waals surface area contributed by atoms with Crippen molar-refractivity contribution in [3.63, 3.8) is 0 Å². The van der Waals surface area contributed by atoms with Crippen molar-refractivity contribution in [2.75, 3.05) is 0 Å². The topological polar surface area (TPSA) is 63.7 Å². The third-order valence-corrected chi connectivity index (χ3v) is 5.15. The van der Waals surface area contributed by atoms with Crippen molar-refractivity contribution < 1.29 is 17.4 Å². The van der Waals surface area contributed by atoms with Crippen molar-refractivity contribution in [3.05, 3.63) is 29.8 Å². The Morgan fingerprint density at radius 1 is 1.12 bits per heavy atom. The van der Waals surface area contributed by atoms with Crippen molar-refractivity contribution in [2.24, 2.45) is 5.92 Å². The van der Waals surface area contributed by atoms with Gasteiger partial charge >= 0.3 is 10.1 Å². The Hall–Kier alpha value is -1.56. The molecule has 1 aromatic carbocycles. The zero-order valence-corrected chi connectivity index (χ0v) is 16.3. The van der Waals surface area contributed by atoms with Gasteiger partial charge in [-0.25, -0.2) is 0 Å². The number of carbonyl (C=O) groups is 1. The highest BCUT2D eigenvalue weighted by Crippen LogP contribution is 2.20. The first-order chi connectivity index (χ1) is 11.0. The number of hydrogen-bond donors (Lipinski definition) is 0. The predicted molar refractivity (Wildman–Crippen MR) is 96.3 cm³/mol. The van der Waals surface area contributed by atoms with Gasteiger partial charge in [0.15, 0.2) is 0 Å². The van der Waals surface area contributed by atoms with Crippen LogP contribution < -0.4 is 4.18 Å². The highest BCUT2D eigenvalue weighted by atomic mass is 32.2. The fourth-order valence-corrected chi connectivity index (χ4v) is 2.71. The van der Waals surface area contributed by atoms with E-state index in [2.05, 4.69) is 0 Å². The summed E-state index contributed by atoms with van der Waals surface area (Å²) in [6, 6.07) is 6.97. The summed E-state index contributed by atoms with van der Waals surface area (Å²) in [6.45, 7) is 11.6. The van der Waals surface area contributed by atoms with Gasteiger partial charge in [0.25, 0.3) is 0 Å². The van der Waals surface area contributed by atoms with Gasteiger partial charge < -0.3 is 9.08 Å². The summed E-state index contributed by atoms with van der Waals surface area (Å²) in [6.07, 6.45) is 0.496. The molecule has 0 N–H and O–H groups in total. The molecule has 6 heteroatoms. The van der Waals surface area contributed by atoms with E-state index in [4.69, 9.17) is 4.18 Å². The van der Waals surface area contributed by atoms with E-state index >= 15 is 0 Å². The van der Waals surface area contributed by atoms with E-state index in [9.17, 15) is 13.2 Å². The van der Waals surface area contributed by atoms with Gasteiger partial charge in [-0.15, -0.1) is 0 Å². The second-order valence-corrected chi connectivity index (χ2v) is 9.08. The van der Waals surface area contributed by atoms with Crippen molar-refractivity contribution >= 4 is 16.0 Å². The summed E-state index contributed by atoms with van der Waals surface area (Å²) in [7, 11) is -3.63. The maximum Gasteiger partial charge on any atom is 0.311 e. The first-order valence-electron chi connectivity index (χ1n) is 8.34. The van der Waals surface area contributed by atoms with Gasteiger partial charge in [-0.05, 0) is 51.3 Å². The zero-order chi connectivity index (χ0) is 18.5. The highest BCUT2D eigenvalue weighted by molar-refractivity contribution is 7.87. The Morgan fingerprint density at radius 2 is 1.75 bits per heavy atom. The normalized spacial score (nSPS) is 12.0. The van der Waals surface area contributed by atoms with E-state index < -0.39 is 15.4 Å². The van der Waals surface area contributed by atoms with Crippen LogP contribution in [0.25, 0.3) is 0 Å². The van der Waals surface area contributed by atoms with Crippen molar-refractivity contribution in [1.29, 1.82) is 0 Å². The number of nitrogens with zero attached hydrogens (tertiary/aromatic N) is 1. The van der Waals surface area contributed by atoms with Crippen LogP contribution in [0.3, 0.4) is 0 Å². The molecule has 0 atom stereocenters. The van der Waals surface area contributed by atoms with Gasteiger partial charge in [0.1, 0.15) is 5.75 Å². The molecule has 0 bridgehead atoms. The molecule has 0 aromatic heterocycles. The van der Waals surface area contributed by atoms with E-state index in [1.807, 2.05) is 33.8 Å². The van der Waals surface area contributed by atoms with Crippen molar-refractivity contribution in [3.8, 4) is 5.75 Å². The summed E-state index contributed by atoms with van der Waals surface area (Å²) in [5.74, 6) is 0.673. The molecular weight excluding hydrogens is 326 g/mol. The molecular formula is C18H29NO4S. The number of carbonyl (C=O) groups excluding carboxylic acids is 1. The number of amides is 1. The van der Waals surface area contributed by atoms with Crippen molar-refractivity contribution in [1.82, 2.24) is 4.90 Å². The third kappa shape index (κ3) is 6.15. The molecule has 0 radical (unpaired) electrons. The minimum atomic E-state index is -3.63. The number of rotatable bonds is 8. The molecule has 1 rings (SSSR count). The predicted octanol–water partition coefficient (Wildman–Crippen LogP) is 3.59. The number of benzene rings is 1. The molecule has 1 aromatic rings. The van der Waals surface area contributed by atoms with Crippen LogP contribution >= 0.6 is 0 Å². The van der Waals surface area contributed by atoms with E-state index in [0.717, 1.165) is 5.56 Å². The minimum absolute atomic E-state index is 0.0696. The van der Waals surface area contributed by atoms with Crippen LogP contribution in [0.1, 0.15) is 53.5 Å². The van der Waals surface area contributed by atoms with Crippen LogP contribution in [-0.2, 0) is 21.5 Å². The van der Waals surface area contributed by atoms with Crippen LogP contribution in [-0.4, -0.2) is 30.5 Å². The minimum Gasteiger partial charge on any atom is -0.382 e. The maximum absolute atomic E-state index is 12.4. The molecule has 0 aliphatic carbocycles. The van der Waals surface area contributed by atoms with Gasteiger partial charge in [-0.1, -0.05) is 26.0 Å². The summed E-state index contributed by atoms with van der Waals surface area (Å²) in [4.78, 5) is 14.2. The van der Waals surface area contributed by atoms with Crippen LogP contribution in [0.5, 0.6) is 5.75 Å². The zero-order valence-electron chi connectivity index (χ0n) is 15.4. The van der Waals surface area contributed by atoms with E-state index in [-0.39, 0.29) is 17.7 Å². The second kappa shape index (κ2) is 8.51. The molecule has 0 spiro atoms. The Balaban J connectivity index is 2.94. The largest absolute Gasteiger partial charge is 0.382 e. The molecule has 24 heavy (non-hydrogen) atoms. The van der Waals surface area contributed by atoms with Crippen LogP contribution in [0.2, 0.25) is 0 Å². The fourth-order valence-electron chi connectivity index (χ4n) is 2.15. The van der Waals surface area contributed by atoms with Gasteiger partial charge in [0.05, 0.1) is 5.25 Å². The molecule has 1 amide bonds. The van der Waals surface area contributed by atoms with Gasteiger partial charge in [-0.2, -0.15) is 8.42 Å². The lowest BCUT2D eigenvalue weighted by molar-refractivity contribution is -0.134. The summed E-state index contributed by atoms with van der Waals surface area (Å²) < 4.78 is 28.9. The standard InChI is InChI=1S/C18H29NO4S/c1-13(2)10-18(20)19(14(3)4)12-16-8-7-9-17(11-16)23-24(21,22)15(5)6/h7-9,11,13-15H,10,12H2,1-6H3. The molecule has 0 saturated heterocycles. The molecule has 0 aliphatic heterocycles. The van der Waals surface area contributed by atoms with E-state index in [1.54, 1.807) is 36.9 Å². The molecule has 136 valence electrons. The van der Waals surface area contributed by atoms with Gasteiger partial charge in [0.2, 0.25) is 5.91 Å². The summed E-state index contributed by atoms with van der Waals surface area (Å²) >= 11 is 0. The molecule has 0 unspecified atom stereocenters. The average molecular weight is 356 g/mol. The quantitative estimate of drug-likeness (QED) is 0.669. The van der Waals surface area contributed by atoms with Crippen LogP contribution in [0.15, 0.2) is 24.3 Å².